The molecule has 0 bridgehead atoms. The molecule has 7 heteroatoms. The number of hydrogen-bond donors (Lipinski definition) is 2. The van der Waals surface area contributed by atoms with E-state index in [4.69, 9.17) is 0 Å². The van der Waals surface area contributed by atoms with Crippen molar-refractivity contribution in [1.29, 1.82) is 0 Å². The van der Waals surface area contributed by atoms with Gasteiger partial charge in [0.1, 0.15) is 5.82 Å². The molecule has 3 aromatic rings. The lowest BCUT2D eigenvalue weighted by Gasteiger charge is -2.14. The second-order valence-corrected chi connectivity index (χ2v) is 7.91. The molecule has 0 spiro atoms. The minimum absolute atomic E-state index is 0.283. The van der Waals surface area contributed by atoms with Gasteiger partial charge in [-0.2, -0.15) is 0 Å². The van der Waals surface area contributed by atoms with E-state index in [9.17, 15) is 14.4 Å². The quantitative estimate of drug-likeness (QED) is 0.591. The van der Waals surface area contributed by atoms with Crippen molar-refractivity contribution in [1.82, 2.24) is 20.2 Å². The van der Waals surface area contributed by atoms with Crippen LogP contribution in [-0.2, 0) is 6.42 Å². The maximum absolute atomic E-state index is 12.6. The van der Waals surface area contributed by atoms with Crippen molar-refractivity contribution in [3.05, 3.63) is 65.0 Å². The van der Waals surface area contributed by atoms with Crippen LogP contribution in [0.3, 0.4) is 0 Å². The van der Waals surface area contributed by atoms with Gasteiger partial charge in [-0.05, 0) is 42.7 Å². The molecule has 3 amide bonds. The number of fused-ring (bicyclic) bond motifs is 2. The number of aromatic nitrogens is 2. The molecule has 1 aliphatic heterocycles. The van der Waals surface area contributed by atoms with Crippen LogP contribution >= 0.6 is 0 Å². The van der Waals surface area contributed by atoms with E-state index >= 15 is 0 Å². The van der Waals surface area contributed by atoms with Crippen LogP contribution < -0.4 is 5.32 Å². The highest BCUT2D eigenvalue weighted by molar-refractivity contribution is 6.22. The number of H-pyrrole nitrogens is 1. The summed E-state index contributed by atoms with van der Waals surface area (Å²) in [7, 11) is 0. The molecule has 2 heterocycles. The Bertz CT molecular complexity index is 1100. The maximum atomic E-state index is 12.6. The van der Waals surface area contributed by atoms with Crippen molar-refractivity contribution in [2.45, 2.75) is 26.7 Å². The van der Waals surface area contributed by atoms with Gasteiger partial charge in [-0.3, -0.25) is 19.3 Å². The lowest BCUT2D eigenvalue weighted by Crippen LogP contribution is -2.31. The highest BCUT2D eigenvalue weighted by atomic mass is 16.2. The van der Waals surface area contributed by atoms with Crippen LogP contribution in [-0.4, -0.2) is 45.7 Å². The first kappa shape index (κ1) is 19.8. The summed E-state index contributed by atoms with van der Waals surface area (Å²) >= 11 is 0. The first-order valence-corrected chi connectivity index (χ1v) is 10.2. The molecule has 1 aliphatic rings. The van der Waals surface area contributed by atoms with Crippen LogP contribution in [0.5, 0.6) is 0 Å². The van der Waals surface area contributed by atoms with Gasteiger partial charge in [0.15, 0.2) is 0 Å². The van der Waals surface area contributed by atoms with Gasteiger partial charge in [0.25, 0.3) is 17.7 Å². The lowest BCUT2D eigenvalue weighted by molar-refractivity contribution is 0.0647. The van der Waals surface area contributed by atoms with Crippen LogP contribution in [0.2, 0.25) is 0 Å². The third-order valence-corrected chi connectivity index (χ3v) is 5.25. The Morgan fingerprint density at radius 2 is 1.87 bits per heavy atom. The summed E-state index contributed by atoms with van der Waals surface area (Å²) in [5.41, 5.74) is 2.88. The molecule has 2 aromatic carbocycles. The van der Waals surface area contributed by atoms with E-state index in [1.54, 1.807) is 12.1 Å². The van der Waals surface area contributed by atoms with Gasteiger partial charge in [-0.15, -0.1) is 0 Å². The van der Waals surface area contributed by atoms with E-state index < -0.39 is 0 Å². The number of imide groups is 1. The van der Waals surface area contributed by atoms with Gasteiger partial charge in [0.2, 0.25) is 0 Å². The molecule has 0 saturated heterocycles. The molecular weight excluding hydrogens is 380 g/mol. The number of rotatable bonds is 7. The monoisotopic (exact) mass is 404 g/mol. The number of benzene rings is 2. The predicted molar refractivity (Wildman–Crippen MR) is 113 cm³/mol. The van der Waals surface area contributed by atoms with Crippen molar-refractivity contribution in [3.63, 3.8) is 0 Å². The molecule has 0 saturated carbocycles. The zero-order chi connectivity index (χ0) is 21.3. The fourth-order valence-electron chi connectivity index (χ4n) is 3.54. The third kappa shape index (κ3) is 3.83. The average Bonchev–Trinajstić information content (AvgIpc) is 3.25. The molecule has 154 valence electrons. The molecule has 7 nitrogen and oxygen atoms in total. The van der Waals surface area contributed by atoms with Gasteiger partial charge in [0.05, 0.1) is 22.2 Å². The number of carbonyl (C=O) groups excluding carboxylic acids is 3. The van der Waals surface area contributed by atoms with E-state index in [1.807, 2.05) is 38.1 Å². The topological polar surface area (TPSA) is 95.2 Å². The number of nitrogens with zero attached hydrogens (tertiary/aromatic N) is 2. The third-order valence-electron chi connectivity index (χ3n) is 5.25. The summed E-state index contributed by atoms with van der Waals surface area (Å²) in [6, 6.07) is 12.4. The maximum Gasteiger partial charge on any atom is 0.261 e. The average molecular weight is 404 g/mol. The van der Waals surface area contributed by atoms with Crippen LogP contribution in [0.4, 0.5) is 0 Å². The minimum atomic E-state index is -0.326. The molecule has 0 atom stereocenters. The largest absolute Gasteiger partial charge is 0.352 e. The van der Waals surface area contributed by atoms with Gasteiger partial charge in [0, 0.05) is 25.1 Å². The Morgan fingerprint density at radius 1 is 1.10 bits per heavy atom. The molecular formula is C23H24N4O3. The molecule has 0 radical (unpaired) electrons. The van der Waals surface area contributed by atoms with E-state index in [2.05, 4.69) is 15.3 Å². The number of imidazole rings is 1. The van der Waals surface area contributed by atoms with Crippen molar-refractivity contribution in [2.24, 2.45) is 5.92 Å². The second-order valence-electron chi connectivity index (χ2n) is 7.91. The molecule has 1 aromatic heterocycles. The Hall–Kier alpha value is -3.48. The minimum Gasteiger partial charge on any atom is -0.352 e. The van der Waals surface area contributed by atoms with Crippen LogP contribution in [0.25, 0.3) is 11.0 Å². The van der Waals surface area contributed by atoms with Crippen LogP contribution in [0.1, 0.15) is 57.2 Å². The molecule has 0 unspecified atom stereocenters. The summed E-state index contributed by atoms with van der Waals surface area (Å²) in [5, 5.41) is 2.85. The standard InChI is InChI=1S/C23H24N4O3/c1-14(2)10-12-27-22(29)16-8-7-15(13-17(16)23(27)30)21(28)24-11-9-20-25-18-5-3-4-6-19(18)26-20/h3-8,13-14H,9-12H2,1-2H3,(H,24,28)(H,25,26). The Labute approximate surface area is 174 Å². The number of carbonyl (C=O) groups is 3. The van der Waals surface area contributed by atoms with Crippen molar-refractivity contribution in [2.75, 3.05) is 13.1 Å². The van der Waals surface area contributed by atoms with Crippen molar-refractivity contribution < 1.29 is 14.4 Å². The molecule has 2 N–H and O–H groups in total. The molecule has 4 rings (SSSR count). The number of para-hydroxylation sites is 2. The zero-order valence-electron chi connectivity index (χ0n) is 17.1. The summed E-state index contributed by atoms with van der Waals surface area (Å²) in [5.74, 6) is 0.296. The number of hydrogen-bond acceptors (Lipinski definition) is 4. The van der Waals surface area contributed by atoms with Gasteiger partial charge >= 0.3 is 0 Å². The van der Waals surface area contributed by atoms with E-state index in [1.165, 1.54) is 11.0 Å². The van der Waals surface area contributed by atoms with Gasteiger partial charge in [-0.25, -0.2) is 4.98 Å². The second kappa shape index (κ2) is 8.10. The van der Waals surface area contributed by atoms with E-state index in [-0.39, 0.29) is 17.7 Å². The zero-order valence-corrected chi connectivity index (χ0v) is 17.1. The SMILES string of the molecule is CC(C)CCN1C(=O)c2ccc(C(=O)NCCc3nc4ccccc4[nH]3)cc2C1=O. The fraction of sp³-hybridized carbons (Fsp3) is 0.304. The van der Waals surface area contributed by atoms with Crippen LogP contribution in [0.15, 0.2) is 42.5 Å². The van der Waals surface area contributed by atoms with Crippen molar-refractivity contribution in [3.8, 4) is 0 Å². The first-order valence-electron chi connectivity index (χ1n) is 10.2. The highest BCUT2D eigenvalue weighted by Crippen LogP contribution is 2.25. The molecule has 30 heavy (non-hydrogen) atoms. The Kier molecular flexibility index (Phi) is 5.35. The van der Waals surface area contributed by atoms with Crippen molar-refractivity contribution >= 4 is 28.8 Å². The number of nitrogens with one attached hydrogen (secondary N) is 2. The summed E-state index contributed by atoms with van der Waals surface area (Å²) < 4.78 is 0. The van der Waals surface area contributed by atoms with E-state index in [0.29, 0.717) is 42.1 Å². The Balaban J connectivity index is 1.40. The summed E-state index contributed by atoms with van der Waals surface area (Å²) in [4.78, 5) is 46.7. The Morgan fingerprint density at radius 3 is 2.63 bits per heavy atom. The normalized spacial score (nSPS) is 13.4. The van der Waals surface area contributed by atoms with Gasteiger partial charge in [-0.1, -0.05) is 26.0 Å². The summed E-state index contributed by atoms with van der Waals surface area (Å²) in [6.07, 6.45) is 1.31. The van der Waals surface area contributed by atoms with Gasteiger partial charge < -0.3 is 10.3 Å². The number of aromatic amines is 1. The molecule has 0 aliphatic carbocycles. The highest BCUT2D eigenvalue weighted by Gasteiger charge is 2.35. The smallest absolute Gasteiger partial charge is 0.261 e. The lowest BCUT2D eigenvalue weighted by atomic mass is 10.1. The summed E-state index contributed by atoms with van der Waals surface area (Å²) in [6.45, 7) is 4.89. The first-order chi connectivity index (χ1) is 14.4. The number of amides is 3. The predicted octanol–water partition coefficient (Wildman–Crippen LogP) is 3.18. The van der Waals surface area contributed by atoms with Crippen LogP contribution in [0, 0.1) is 5.92 Å². The molecule has 0 fully saturated rings. The van der Waals surface area contributed by atoms with E-state index in [0.717, 1.165) is 23.3 Å². The fourth-order valence-corrected chi connectivity index (χ4v) is 3.54.